The zero-order chi connectivity index (χ0) is 32.7. The van der Waals surface area contributed by atoms with E-state index in [4.69, 9.17) is 25.7 Å². The molecule has 3 aromatic rings. The maximum Gasteiger partial charge on any atom is 0.276 e. The van der Waals surface area contributed by atoms with Gasteiger partial charge in [0.25, 0.3) is 11.8 Å². The van der Waals surface area contributed by atoms with E-state index in [1.165, 1.54) is 5.56 Å². The third-order valence-corrected chi connectivity index (χ3v) is 14.3. The van der Waals surface area contributed by atoms with Gasteiger partial charge in [-0.15, -0.1) is 0 Å². The summed E-state index contributed by atoms with van der Waals surface area (Å²) in [5.41, 5.74) is 2.08. The molecule has 45 heavy (non-hydrogen) atoms. The zero-order valence-corrected chi connectivity index (χ0v) is 29.6. The van der Waals surface area contributed by atoms with Crippen LogP contribution < -0.4 is 4.74 Å². The van der Waals surface area contributed by atoms with Gasteiger partial charge in [0, 0.05) is 29.9 Å². The molecule has 1 aliphatic carbocycles. The van der Waals surface area contributed by atoms with Gasteiger partial charge in [0.05, 0.1) is 13.2 Å². The molecule has 1 N–H and O–H groups in total. The Morgan fingerprint density at radius 1 is 1.02 bits per heavy atom. The van der Waals surface area contributed by atoms with Crippen LogP contribution in [0.25, 0.3) is 0 Å². The number of aromatic nitrogens is 2. The fraction of sp³-hybridized carbons (Fsp3) is 0.528. The minimum Gasteiger partial charge on any atom is -0.491 e. The highest BCUT2D eigenvalue weighted by atomic mass is 35.5. The number of rotatable bonds is 14. The van der Waals surface area contributed by atoms with Crippen LogP contribution in [0, 0.1) is 0 Å². The number of unbranched alkanes of at least 4 members (excludes halogenated alkanes) is 1. The number of nitrogens with zero attached hydrogens (tertiary/aromatic N) is 3. The van der Waals surface area contributed by atoms with E-state index in [1.807, 2.05) is 42.5 Å². The maximum atomic E-state index is 14.5. The highest BCUT2D eigenvalue weighted by Crippen LogP contribution is 2.44. The molecule has 0 aliphatic heterocycles. The van der Waals surface area contributed by atoms with Gasteiger partial charge in [0.15, 0.2) is 14.0 Å². The Bertz CT molecular complexity index is 1400. The molecule has 0 saturated heterocycles. The van der Waals surface area contributed by atoms with Crippen LogP contribution in [0.2, 0.25) is 23.2 Å². The van der Waals surface area contributed by atoms with E-state index in [0.717, 1.165) is 44.1 Å². The van der Waals surface area contributed by atoms with Crippen molar-refractivity contribution in [3.05, 3.63) is 82.3 Å². The number of aromatic hydroxyl groups is 1. The number of halogens is 1. The first-order valence-corrected chi connectivity index (χ1v) is 19.6. The van der Waals surface area contributed by atoms with Crippen molar-refractivity contribution in [3.63, 3.8) is 0 Å². The van der Waals surface area contributed by atoms with Crippen molar-refractivity contribution >= 4 is 25.8 Å². The average Bonchev–Trinajstić information content (AvgIpc) is 3.47. The van der Waals surface area contributed by atoms with Gasteiger partial charge < -0.3 is 19.2 Å². The second kappa shape index (κ2) is 15.1. The topological polar surface area (TPSA) is 84.8 Å². The average molecular weight is 652 g/mol. The quantitative estimate of drug-likeness (QED) is 0.139. The maximum absolute atomic E-state index is 14.5. The molecule has 0 unspecified atom stereocenters. The number of carbonyl (C=O) groups is 1. The lowest BCUT2D eigenvalue weighted by molar-refractivity contribution is 0.0698. The van der Waals surface area contributed by atoms with Gasteiger partial charge in [0.2, 0.25) is 5.75 Å². The summed E-state index contributed by atoms with van der Waals surface area (Å²) in [5, 5.41) is 12.0. The molecule has 1 aromatic heterocycles. The number of hydrogen-bond donors (Lipinski definition) is 1. The van der Waals surface area contributed by atoms with E-state index in [1.54, 1.807) is 4.90 Å². The predicted molar refractivity (Wildman–Crippen MR) is 184 cm³/mol. The molecular formula is C36H50ClN3O4Si. The Kier molecular flexibility index (Phi) is 11.7. The van der Waals surface area contributed by atoms with Crippen LogP contribution in [0.3, 0.4) is 0 Å². The normalized spacial score (nSPS) is 14.8. The molecule has 4 rings (SSSR count). The van der Waals surface area contributed by atoms with Crippen LogP contribution in [-0.4, -0.2) is 54.0 Å². The Balaban J connectivity index is 1.70. The molecule has 1 saturated carbocycles. The minimum absolute atomic E-state index is 0.0486. The van der Waals surface area contributed by atoms with Gasteiger partial charge in [-0.2, -0.15) is 4.98 Å². The molecule has 1 fully saturated rings. The van der Waals surface area contributed by atoms with Gasteiger partial charge in [0.1, 0.15) is 5.82 Å². The summed E-state index contributed by atoms with van der Waals surface area (Å²) < 4.78 is 12.5. The van der Waals surface area contributed by atoms with Crippen LogP contribution in [-0.2, 0) is 22.8 Å². The highest BCUT2D eigenvalue weighted by Gasteiger charge is 2.39. The SMILES string of the molecule is CCCCOc1c(O)nc(CC2(c3ccc(Cl)cc3)CCCC2)nc1C(=O)N(CCO[Si](C)(C)C(C)(C)C)Cc1ccccc1. The summed E-state index contributed by atoms with van der Waals surface area (Å²) in [5.74, 6) is -0.115. The van der Waals surface area contributed by atoms with E-state index in [9.17, 15) is 9.90 Å². The fourth-order valence-electron chi connectivity index (χ4n) is 5.72. The van der Waals surface area contributed by atoms with Gasteiger partial charge in [-0.3, -0.25) is 4.79 Å². The molecule has 0 radical (unpaired) electrons. The lowest BCUT2D eigenvalue weighted by atomic mass is 9.76. The lowest BCUT2D eigenvalue weighted by Gasteiger charge is -2.37. The molecule has 0 spiro atoms. The van der Waals surface area contributed by atoms with E-state index >= 15 is 0 Å². The minimum atomic E-state index is -2.03. The molecule has 1 aliphatic rings. The summed E-state index contributed by atoms with van der Waals surface area (Å²) in [7, 11) is -2.03. The number of ether oxygens (including phenoxy) is 1. The van der Waals surface area contributed by atoms with Crippen molar-refractivity contribution in [2.24, 2.45) is 0 Å². The molecular weight excluding hydrogens is 602 g/mol. The first-order chi connectivity index (χ1) is 21.3. The van der Waals surface area contributed by atoms with Crippen molar-refractivity contribution in [2.45, 2.75) is 103 Å². The third kappa shape index (κ3) is 8.86. The first-order valence-electron chi connectivity index (χ1n) is 16.3. The third-order valence-electron chi connectivity index (χ3n) is 9.49. The Hall–Kier alpha value is -2.94. The molecule has 0 atom stereocenters. The molecule has 0 bridgehead atoms. The number of benzene rings is 2. The zero-order valence-electron chi connectivity index (χ0n) is 27.9. The summed E-state index contributed by atoms with van der Waals surface area (Å²) >= 11 is 6.22. The van der Waals surface area contributed by atoms with Crippen molar-refractivity contribution in [2.75, 3.05) is 19.8 Å². The first kappa shape index (κ1) is 34.9. The smallest absolute Gasteiger partial charge is 0.276 e. The Labute approximate surface area is 275 Å². The Morgan fingerprint density at radius 3 is 2.31 bits per heavy atom. The Morgan fingerprint density at radius 2 is 1.69 bits per heavy atom. The van der Waals surface area contributed by atoms with Gasteiger partial charge >= 0.3 is 0 Å². The second-order valence-corrected chi connectivity index (χ2v) is 19.1. The molecule has 9 heteroatoms. The van der Waals surface area contributed by atoms with Crippen LogP contribution in [0.4, 0.5) is 0 Å². The number of hydrogen-bond acceptors (Lipinski definition) is 6. The summed E-state index contributed by atoms with van der Waals surface area (Å²) in [6.07, 6.45) is 6.34. The molecule has 7 nitrogen and oxygen atoms in total. The summed E-state index contributed by atoms with van der Waals surface area (Å²) in [6.45, 7) is 14.6. The predicted octanol–water partition coefficient (Wildman–Crippen LogP) is 8.73. The highest BCUT2D eigenvalue weighted by molar-refractivity contribution is 6.74. The van der Waals surface area contributed by atoms with Crippen LogP contribution >= 0.6 is 11.6 Å². The van der Waals surface area contributed by atoms with Gasteiger partial charge in [-0.05, 0) is 60.7 Å². The number of carbonyl (C=O) groups excluding carboxylic acids is 1. The van der Waals surface area contributed by atoms with Crippen molar-refractivity contribution < 1.29 is 19.1 Å². The summed E-state index contributed by atoms with van der Waals surface area (Å²) in [6, 6.07) is 17.9. The standard InChI is InChI=1S/C36H50ClN3O4Si/c1-7-8-23-43-32-31(34(42)40(26-27-14-10-9-11-15-27)22-24-44-45(5,6)35(2,3)4)38-30(39-33(32)41)25-36(20-12-13-21-36)28-16-18-29(37)19-17-28/h9-11,14-19H,7-8,12-13,20-26H2,1-6H3,(H,38,39,41). The lowest BCUT2D eigenvalue weighted by Crippen LogP contribution is -2.43. The van der Waals surface area contributed by atoms with E-state index in [2.05, 4.69) is 57.9 Å². The second-order valence-electron chi connectivity index (χ2n) is 13.8. The van der Waals surface area contributed by atoms with Crippen molar-refractivity contribution in [1.82, 2.24) is 14.9 Å². The largest absolute Gasteiger partial charge is 0.491 e. The molecule has 2 aromatic carbocycles. The van der Waals surface area contributed by atoms with Gasteiger partial charge in [-0.1, -0.05) is 101 Å². The van der Waals surface area contributed by atoms with E-state index in [0.29, 0.717) is 43.6 Å². The van der Waals surface area contributed by atoms with Gasteiger partial charge in [-0.25, -0.2) is 4.98 Å². The molecule has 1 heterocycles. The van der Waals surface area contributed by atoms with E-state index < -0.39 is 8.32 Å². The van der Waals surface area contributed by atoms with Crippen molar-refractivity contribution in [3.8, 4) is 11.6 Å². The van der Waals surface area contributed by atoms with E-state index in [-0.39, 0.29) is 33.7 Å². The van der Waals surface area contributed by atoms with Crippen LogP contribution in [0.1, 0.15) is 93.7 Å². The van der Waals surface area contributed by atoms with Crippen LogP contribution in [0.5, 0.6) is 11.6 Å². The molecule has 1 amide bonds. The monoisotopic (exact) mass is 651 g/mol. The van der Waals surface area contributed by atoms with Crippen molar-refractivity contribution in [1.29, 1.82) is 0 Å². The fourth-order valence-corrected chi connectivity index (χ4v) is 6.88. The summed E-state index contributed by atoms with van der Waals surface area (Å²) in [4.78, 5) is 25.6. The van der Waals surface area contributed by atoms with Crippen LogP contribution in [0.15, 0.2) is 54.6 Å². The molecule has 244 valence electrons. The number of amides is 1.